The summed E-state index contributed by atoms with van der Waals surface area (Å²) >= 11 is 0. The molecule has 0 radical (unpaired) electrons. The second kappa shape index (κ2) is 4.97. The molecule has 78 valence electrons. The molecule has 0 heterocycles. The Kier molecular flexibility index (Phi) is 4.20. The van der Waals surface area contributed by atoms with Crippen LogP contribution in [0.15, 0.2) is 0 Å². The summed E-state index contributed by atoms with van der Waals surface area (Å²) in [5.41, 5.74) is 0.569. The van der Waals surface area contributed by atoms with Crippen LogP contribution < -0.4 is 10.6 Å². The van der Waals surface area contributed by atoms with Gasteiger partial charge in [-0.1, -0.05) is 19.8 Å². The highest BCUT2D eigenvalue weighted by Gasteiger charge is 2.42. The van der Waals surface area contributed by atoms with Crippen LogP contribution in [-0.2, 0) is 0 Å². The standard InChI is InChI=1S/C11H24N2/c1-4-6-10(13-3)11(9-12-2)7-5-8-11/h10,12-13H,4-9H2,1-3H3. The quantitative estimate of drug-likeness (QED) is 0.657. The first-order chi connectivity index (χ1) is 6.29. The number of hydrogen-bond acceptors (Lipinski definition) is 2. The van der Waals surface area contributed by atoms with Gasteiger partial charge >= 0.3 is 0 Å². The maximum Gasteiger partial charge on any atom is 0.0133 e. The van der Waals surface area contributed by atoms with Crippen LogP contribution in [-0.4, -0.2) is 26.7 Å². The Bertz CT molecular complexity index is 141. The topological polar surface area (TPSA) is 24.1 Å². The van der Waals surface area contributed by atoms with Gasteiger partial charge in [0.25, 0.3) is 0 Å². The van der Waals surface area contributed by atoms with E-state index < -0.39 is 0 Å². The largest absolute Gasteiger partial charge is 0.319 e. The number of hydrogen-bond donors (Lipinski definition) is 2. The Morgan fingerprint density at radius 1 is 1.31 bits per heavy atom. The van der Waals surface area contributed by atoms with Crippen LogP contribution in [0.5, 0.6) is 0 Å². The molecule has 1 atom stereocenters. The molecule has 0 spiro atoms. The summed E-state index contributed by atoms with van der Waals surface area (Å²) in [4.78, 5) is 0. The Morgan fingerprint density at radius 2 is 2.00 bits per heavy atom. The van der Waals surface area contributed by atoms with Gasteiger partial charge in [0.05, 0.1) is 0 Å². The van der Waals surface area contributed by atoms with Gasteiger partial charge in [-0.3, -0.25) is 0 Å². The van der Waals surface area contributed by atoms with Gasteiger partial charge in [0.1, 0.15) is 0 Å². The zero-order valence-corrected chi connectivity index (χ0v) is 9.32. The molecule has 2 N–H and O–H groups in total. The monoisotopic (exact) mass is 184 g/mol. The molecule has 13 heavy (non-hydrogen) atoms. The minimum absolute atomic E-state index is 0.569. The average molecular weight is 184 g/mol. The average Bonchev–Trinajstić information content (AvgIpc) is 2.08. The minimum Gasteiger partial charge on any atom is -0.319 e. The smallest absolute Gasteiger partial charge is 0.0133 e. The fourth-order valence-electron chi connectivity index (χ4n) is 2.68. The molecule has 0 amide bonds. The molecule has 1 fully saturated rings. The normalized spacial score (nSPS) is 22.4. The summed E-state index contributed by atoms with van der Waals surface area (Å²) < 4.78 is 0. The van der Waals surface area contributed by atoms with Crippen molar-refractivity contribution in [1.29, 1.82) is 0 Å². The number of rotatable bonds is 6. The van der Waals surface area contributed by atoms with Crippen LogP contribution in [0.1, 0.15) is 39.0 Å². The summed E-state index contributed by atoms with van der Waals surface area (Å²) in [6, 6.07) is 0.721. The molecule has 0 aromatic carbocycles. The molecule has 0 aliphatic heterocycles. The van der Waals surface area contributed by atoms with Gasteiger partial charge in [-0.05, 0) is 38.8 Å². The molecule has 2 nitrogen and oxygen atoms in total. The summed E-state index contributed by atoms with van der Waals surface area (Å²) in [7, 11) is 4.18. The maximum atomic E-state index is 3.49. The van der Waals surface area contributed by atoms with E-state index in [9.17, 15) is 0 Å². The van der Waals surface area contributed by atoms with E-state index >= 15 is 0 Å². The lowest BCUT2D eigenvalue weighted by Gasteiger charge is -2.48. The molecule has 2 heteroatoms. The first-order valence-corrected chi connectivity index (χ1v) is 5.61. The molecule has 0 aromatic rings. The molecule has 1 unspecified atom stereocenters. The van der Waals surface area contributed by atoms with Crippen molar-refractivity contribution in [2.75, 3.05) is 20.6 Å². The molecule has 1 rings (SSSR count). The first kappa shape index (κ1) is 11.0. The summed E-state index contributed by atoms with van der Waals surface area (Å²) in [5.74, 6) is 0. The van der Waals surface area contributed by atoms with E-state index in [1.807, 2.05) is 0 Å². The lowest BCUT2D eigenvalue weighted by atomic mass is 9.63. The van der Waals surface area contributed by atoms with Crippen molar-refractivity contribution in [3.63, 3.8) is 0 Å². The highest BCUT2D eigenvalue weighted by molar-refractivity contribution is 4.97. The molecule has 0 bridgehead atoms. The van der Waals surface area contributed by atoms with Crippen molar-refractivity contribution in [2.24, 2.45) is 5.41 Å². The Morgan fingerprint density at radius 3 is 2.31 bits per heavy atom. The van der Waals surface area contributed by atoms with E-state index in [1.54, 1.807) is 0 Å². The summed E-state index contributed by atoms with van der Waals surface area (Å²) in [6.07, 6.45) is 6.83. The second-order valence-corrected chi connectivity index (χ2v) is 4.38. The lowest BCUT2D eigenvalue weighted by molar-refractivity contribution is 0.0742. The molecular formula is C11H24N2. The molecule has 0 aromatic heterocycles. The maximum absolute atomic E-state index is 3.49. The van der Waals surface area contributed by atoms with Crippen molar-refractivity contribution < 1.29 is 0 Å². The molecule has 0 saturated heterocycles. The predicted molar refractivity (Wildman–Crippen MR) is 58.0 cm³/mol. The van der Waals surface area contributed by atoms with Crippen LogP contribution in [0.4, 0.5) is 0 Å². The molecule has 1 aliphatic rings. The van der Waals surface area contributed by atoms with Crippen LogP contribution >= 0.6 is 0 Å². The summed E-state index contributed by atoms with van der Waals surface area (Å²) in [6.45, 7) is 3.45. The molecule has 1 saturated carbocycles. The zero-order chi connectivity index (χ0) is 9.73. The van der Waals surface area contributed by atoms with Crippen molar-refractivity contribution in [3.05, 3.63) is 0 Å². The first-order valence-electron chi connectivity index (χ1n) is 5.61. The highest BCUT2D eigenvalue weighted by Crippen LogP contribution is 2.44. The van der Waals surface area contributed by atoms with Crippen LogP contribution in [0.25, 0.3) is 0 Å². The number of nitrogens with one attached hydrogen (secondary N) is 2. The zero-order valence-electron chi connectivity index (χ0n) is 9.32. The van der Waals surface area contributed by atoms with Crippen molar-refractivity contribution in [3.8, 4) is 0 Å². The second-order valence-electron chi connectivity index (χ2n) is 4.38. The van der Waals surface area contributed by atoms with E-state index in [4.69, 9.17) is 0 Å². The summed E-state index contributed by atoms with van der Waals surface area (Å²) in [5, 5.41) is 6.83. The Labute approximate surface area is 82.5 Å². The highest BCUT2D eigenvalue weighted by atomic mass is 14.9. The Balaban J connectivity index is 2.50. The van der Waals surface area contributed by atoms with Gasteiger partial charge in [-0.25, -0.2) is 0 Å². The Hall–Kier alpha value is -0.0800. The third-order valence-electron chi connectivity index (χ3n) is 3.54. The van der Waals surface area contributed by atoms with E-state index in [2.05, 4.69) is 31.7 Å². The van der Waals surface area contributed by atoms with E-state index in [1.165, 1.54) is 38.6 Å². The minimum atomic E-state index is 0.569. The SMILES string of the molecule is CCCC(NC)C1(CNC)CCC1. The fourth-order valence-corrected chi connectivity index (χ4v) is 2.68. The van der Waals surface area contributed by atoms with Crippen LogP contribution in [0.2, 0.25) is 0 Å². The van der Waals surface area contributed by atoms with Gasteiger partial charge in [0, 0.05) is 12.6 Å². The molecule has 1 aliphatic carbocycles. The molecular weight excluding hydrogens is 160 g/mol. The van der Waals surface area contributed by atoms with E-state index in [0.717, 1.165) is 6.04 Å². The van der Waals surface area contributed by atoms with Crippen molar-refractivity contribution in [1.82, 2.24) is 10.6 Å². The van der Waals surface area contributed by atoms with Crippen molar-refractivity contribution in [2.45, 2.75) is 45.1 Å². The fraction of sp³-hybridized carbons (Fsp3) is 1.00. The van der Waals surface area contributed by atoms with Gasteiger partial charge in [0.15, 0.2) is 0 Å². The van der Waals surface area contributed by atoms with Crippen LogP contribution in [0.3, 0.4) is 0 Å². The third kappa shape index (κ3) is 2.23. The van der Waals surface area contributed by atoms with Crippen LogP contribution in [0, 0.1) is 5.41 Å². The van der Waals surface area contributed by atoms with Crippen molar-refractivity contribution >= 4 is 0 Å². The third-order valence-corrected chi connectivity index (χ3v) is 3.54. The van der Waals surface area contributed by atoms with Gasteiger partial charge in [0.2, 0.25) is 0 Å². The van der Waals surface area contributed by atoms with Gasteiger partial charge < -0.3 is 10.6 Å². The van der Waals surface area contributed by atoms with Gasteiger partial charge in [-0.2, -0.15) is 0 Å². The van der Waals surface area contributed by atoms with E-state index in [0.29, 0.717) is 5.41 Å². The lowest BCUT2D eigenvalue weighted by Crippen LogP contribution is -2.53. The predicted octanol–water partition coefficient (Wildman–Crippen LogP) is 1.76. The van der Waals surface area contributed by atoms with Gasteiger partial charge in [-0.15, -0.1) is 0 Å². The van der Waals surface area contributed by atoms with E-state index in [-0.39, 0.29) is 0 Å².